The second-order valence-corrected chi connectivity index (χ2v) is 6.18. The number of alkyl halides is 3. The van der Waals surface area contributed by atoms with Gasteiger partial charge in [-0.1, -0.05) is 11.8 Å². The number of hydrogen-bond acceptors (Lipinski definition) is 6. The van der Waals surface area contributed by atoms with Crippen LogP contribution in [0.25, 0.3) is 0 Å². The molecule has 1 aromatic heterocycles. The van der Waals surface area contributed by atoms with E-state index < -0.39 is 17.6 Å². The number of hydrogen-bond donors (Lipinski definition) is 3. The van der Waals surface area contributed by atoms with Gasteiger partial charge < -0.3 is 16.0 Å². The van der Waals surface area contributed by atoms with E-state index in [0.29, 0.717) is 18.8 Å². The Bertz CT molecular complexity index is 760. The third-order valence-electron chi connectivity index (χ3n) is 3.52. The van der Waals surface area contributed by atoms with Gasteiger partial charge in [0.25, 0.3) is 0 Å². The Morgan fingerprint density at radius 2 is 2.04 bits per heavy atom. The standard InChI is InChI=1S/C15H19F3N6OS/c1-3-24(4-2)11-6-5-9(15(16,17)18)7-10(11)20-12(25)8-26-14-21-13(19)22-23-14/h5-7H,3-4,8H2,1-2H3,(H,20,25)(H3,19,21,22,23). The van der Waals surface area contributed by atoms with Crippen LogP contribution in [-0.2, 0) is 11.0 Å². The van der Waals surface area contributed by atoms with E-state index in [1.165, 1.54) is 6.07 Å². The van der Waals surface area contributed by atoms with Crippen molar-refractivity contribution in [3.05, 3.63) is 23.8 Å². The molecular formula is C15H19F3N6OS. The highest BCUT2D eigenvalue weighted by molar-refractivity contribution is 7.99. The van der Waals surface area contributed by atoms with E-state index >= 15 is 0 Å². The highest BCUT2D eigenvalue weighted by atomic mass is 32.2. The molecule has 1 aromatic carbocycles. The van der Waals surface area contributed by atoms with E-state index in [1.54, 1.807) is 0 Å². The van der Waals surface area contributed by atoms with Crippen molar-refractivity contribution >= 4 is 35.0 Å². The summed E-state index contributed by atoms with van der Waals surface area (Å²) in [5.41, 5.74) is 5.22. The lowest BCUT2D eigenvalue weighted by atomic mass is 10.1. The summed E-state index contributed by atoms with van der Waals surface area (Å²) in [5, 5.41) is 9.05. The Kier molecular flexibility index (Phi) is 6.35. The Morgan fingerprint density at radius 3 is 2.58 bits per heavy atom. The highest BCUT2D eigenvalue weighted by Crippen LogP contribution is 2.35. The molecule has 142 valence electrons. The van der Waals surface area contributed by atoms with E-state index in [1.807, 2.05) is 18.7 Å². The Labute approximate surface area is 152 Å². The average molecular weight is 388 g/mol. The van der Waals surface area contributed by atoms with Crippen molar-refractivity contribution < 1.29 is 18.0 Å². The van der Waals surface area contributed by atoms with Crippen molar-refractivity contribution in [3.63, 3.8) is 0 Å². The van der Waals surface area contributed by atoms with Crippen molar-refractivity contribution in [1.29, 1.82) is 0 Å². The molecule has 2 aromatic rings. The summed E-state index contributed by atoms with van der Waals surface area (Å²) in [6.45, 7) is 4.96. The number of halogens is 3. The summed E-state index contributed by atoms with van der Waals surface area (Å²) < 4.78 is 39.0. The van der Waals surface area contributed by atoms with Crippen LogP contribution in [0, 0.1) is 0 Å². The molecule has 0 aliphatic heterocycles. The summed E-state index contributed by atoms with van der Waals surface area (Å²) >= 11 is 1.02. The van der Waals surface area contributed by atoms with Crippen LogP contribution in [0.15, 0.2) is 23.4 Å². The molecule has 0 fully saturated rings. The van der Waals surface area contributed by atoms with Crippen molar-refractivity contribution in [1.82, 2.24) is 15.2 Å². The molecule has 7 nitrogen and oxygen atoms in total. The van der Waals surface area contributed by atoms with Crippen LogP contribution in [0.5, 0.6) is 0 Å². The van der Waals surface area contributed by atoms with Crippen molar-refractivity contribution in [2.75, 3.05) is 34.8 Å². The second-order valence-electron chi connectivity index (χ2n) is 5.24. The first kappa shape index (κ1) is 19.9. The zero-order valence-corrected chi connectivity index (χ0v) is 15.0. The number of rotatable bonds is 7. The Hall–Kier alpha value is -2.43. The number of nitrogens with one attached hydrogen (secondary N) is 2. The number of aromatic nitrogens is 3. The summed E-state index contributed by atoms with van der Waals surface area (Å²) in [5.74, 6) is -0.411. The number of aromatic amines is 1. The third kappa shape index (κ3) is 5.04. The minimum atomic E-state index is -4.49. The molecule has 1 amide bonds. The number of nitrogens with zero attached hydrogens (tertiary/aromatic N) is 3. The third-order valence-corrected chi connectivity index (χ3v) is 4.36. The fraction of sp³-hybridized carbons (Fsp3) is 0.400. The van der Waals surface area contributed by atoms with E-state index in [9.17, 15) is 18.0 Å². The van der Waals surface area contributed by atoms with Crippen LogP contribution < -0.4 is 16.0 Å². The molecule has 4 N–H and O–H groups in total. The number of carbonyl (C=O) groups excluding carboxylic acids is 1. The number of benzene rings is 1. The topological polar surface area (TPSA) is 99.9 Å². The molecule has 11 heteroatoms. The molecule has 0 saturated heterocycles. The normalized spacial score (nSPS) is 11.4. The van der Waals surface area contributed by atoms with Crippen LogP contribution in [-0.4, -0.2) is 39.9 Å². The van der Waals surface area contributed by atoms with Crippen molar-refractivity contribution in [3.8, 4) is 0 Å². The maximum atomic E-state index is 13.0. The molecule has 0 atom stereocenters. The number of anilines is 3. The fourth-order valence-corrected chi connectivity index (χ4v) is 2.90. The Balaban J connectivity index is 2.19. The molecule has 0 unspecified atom stereocenters. The fourth-order valence-electron chi connectivity index (χ4n) is 2.29. The average Bonchev–Trinajstić information content (AvgIpc) is 3.00. The molecule has 0 radical (unpaired) electrons. The quantitative estimate of drug-likeness (QED) is 0.631. The van der Waals surface area contributed by atoms with Crippen LogP contribution in [0.2, 0.25) is 0 Å². The molecular weight excluding hydrogens is 369 g/mol. The molecule has 0 spiro atoms. The minimum absolute atomic E-state index is 0.0643. The van der Waals surface area contributed by atoms with E-state index in [2.05, 4.69) is 20.5 Å². The maximum Gasteiger partial charge on any atom is 0.416 e. The first-order valence-corrected chi connectivity index (χ1v) is 8.79. The molecule has 26 heavy (non-hydrogen) atoms. The zero-order valence-electron chi connectivity index (χ0n) is 14.2. The Morgan fingerprint density at radius 1 is 1.35 bits per heavy atom. The lowest BCUT2D eigenvalue weighted by Gasteiger charge is -2.25. The van der Waals surface area contributed by atoms with Crippen LogP contribution in [0.4, 0.5) is 30.5 Å². The van der Waals surface area contributed by atoms with Crippen LogP contribution in [0.3, 0.4) is 0 Å². The van der Waals surface area contributed by atoms with Gasteiger partial charge in [-0.25, -0.2) is 5.10 Å². The summed E-state index contributed by atoms with van der Waals surface area (Å²) in [4.78, 5) is 17.9. The van der Waals surface area contributed by atoms with Gasteiger partial charge in [0.1, 0.15) is 0 Å². The smallest absolute Gasteiger partial charge is 0.370 e. The van der Waals surface area contributed by atoms with Gasteiger partial charge >= 0.3 is 6.18 Å². The van der Waals surface area contributed by atoms with Gasteiger partial charge in [0.15, 0.2) is 0 Å². The van der Waals surface area contributed by atoms with Gasteiger partial charge in [0, 0.05) is 13.1 Å². The minimum Gasteiger partial charge on any atom is -0.370 e. The predicted octanol–water partition coefficient (Wildman–Crippen LogP) is 2.98. The monoisotopic (exact) mass is 388 g/mol. The molecule has 0 bridgehead atoms. The van der Waals surface area contributed by atoms with Gasteiger partial charge in [0.2, 0.25) is 17.0 Å². The number of thioether (sulfide) groups is 1. The molecule has 0 aliphatic rings. The predicted molar refractivity (Wildman–Crippen MR) is 95.2 cm³/mol. The summed E-state index contributed by atoms with van der Waals surface area (Å²) in [6, 6.07) is 3.32. The van der Waals surface area contributed by atoms with Crippen molar-refractivity contribution in [2.45, 2.75) is 25.2 Å². The molecule has 2 rings (SSSR count). The number of nitrogen functional groups attached to an aromatic ring is 1. The number of nitrogens with two attached hydrogens (primary N) is 1. The number of H-pyrrole nitrogens is 1. The lowest BCUT2D eigenvalue weighted by molar-refractivity contribution is -0.137. The van der Waals surface area contributed by atoms with Crippen LogP contribution >= 0.6 is 11.8 Å². The van der Waals surface area contributed by atoms with Gasteiger partial charge in [-0.3, -0.25) is 4.79 Å². The van der Waals surface area contributed by atoms with Crippen LogP contribution in [0.1, 0.15) is 19.4 Å². The SMILES string of the molecule is CCN(CC)c1ccc(C(F)(F)F)cc1NC(=O)CSc1n[nH]c(N)n1. The van der Waals surface area contributed by atoms with E-state index in [4.69, 9.17) is 5.73 Å². The first-order valence-electron chi connectivity index (χ1n) is 7.81. The first-order chi connectivity index (χ1) is 12.2. The molecule has 0 saturated carbocycles. The van der Waals surface area contributed by atoms with Gasteiger partial charge in [-0.05, 0) is 32.0 Å². The zero-order chi connectivity index (χ0) is 19.3. The highest BCUT2D eigenvalue weighted by Gasteiger charge is 2.31. The number of amides is 1. The number of carbonyl (C=O) groups is 1. The molecule has 0 aliphatic carbocycles. The lowest BCUT2D eigenvalue weighted by Crippen LogP contribution is -2.25. The largest absolute Gasteiger partial charge is 0.416 e. The summed E-state index contributed by atoms with van der Waals surface area (Å²) in [7, 11) is 0. The van der Waals surface area contributed by atoms with E-state index in [0.717, 1.165) is 23.9 Å². The molecule has 1 heterocycles. The van der Waals surface area contributed by atoms with Crippen molar-refractivity contribution in [2.24, 2.45) is 0 Å². The second kappa shape index (κ2) is 8.30. The maximum absolute atomic E-state index is 13.0. The van der Waals surface area contributed by atoms with Gasteiger partial charge in [0.05, 0.1) is 22.7 Å². The van der Waals surface area contributed by atoms with Gasteiger partial charge in [-0.2, -0.15) is 18.2 Å². The van der Waals surface area contributed by atoms with Gasteiger partial charge in [-0.15, -0.1) is 5.10 Å². The van der Waals surface area contributed by atoms with E-state index in [-0.39, 0.29) is 22.5 Å². The summed E-state index contributed by atoms with van der Waals surface area (Å²) in [6.07, 6.45) is -4.49.